The van der Waals surface area contributed by atoms with Crippen molar-refractivity contribution in [1.82, 2.24) is 4.98 Å². The number of nitrogens with zero attached hydrogens (tertiary/aromatic N) is 1. The number of pyridine rings is 1. The first kappa shape index (κ1) is 10.5. The molecule has 0 saturated heterocycles. The zero-order valence-electron chi connectivity index (χ0n) is 8.08. The highest BCUT2D eigenvalue weighted by Crippen LogP contribution is 2.27. The second-order valence-electron chi connectivity index (χ2n) is 3.09. The number of carboxylic acid groups (broad SMARTS) is 1. The van der Waals surface area contributed by atoms with Gasteiger partial charge in [0.25, 0.3) is 0 Å². The van der Waals surface area contributed by atoms with Gasteiger partial charge in [0.05, 0.1) is 10.4 Å². The molecule has 0 spiro atoms. The molecule has 0 saturated carbocycles. The van der Waals surface area contributed by atoms with E-state index in [0.29, 0.717) is 10.4 Å². The Morgan fingerprint density at radius 1 is 1.38 bits per heavy atom. The Balaban J connectivity index is 2.43. The zero-order chi connectivity index (χ0) is 11.5. The molecule has 0 aliphatic heterocycles. The molecule has 4 nitrogen and oxygen atoms in total. The van der Waals surface area contributed by atoms with Gasteiger partial charge >= 0.3 is 5.97 Å². The molecule has 0 aliphatic carbocycles. The van der Waals surface area contributed by atoms with Crippen LogP contribution in [0.15, 0.2) is 30.6 Å². The molecular weight excluding hydrogens is 226 g/mol. The smallest absolute Gasteiger partial charge is 0.337 e. The fourth-order valence-electron chi connectivity index (χ4n) is 1.26. The van der Waals surface area contributed by atoms with E-state index in [9.17, 15) is 9.59 Å². The topological polar surface area (TPSA) is 67.3 Å². The Morgan fingerprint density at radius 3 is 2.81 bits per heavy atom. The van der Waals surface area contributed by atoms with Crippen molar-refractivity contribution in [3.8, 4) is 10.4 Å². The van der Waals surface area contributed by atoms with E-state index in [2.05, 4.69) is 4.98 Å². The van der Waals surface area contributed by atoms with Crippen molar-refractivity contribution in [2.75, 3.05) is 0 Å². The van der Waals surface area contributed by atoms with Gasteiger partial charge in [-0.25, -0.2) is 4.79 Å². The fourth-order valence-corrected chi connectivity index (χ4v) is 2.07. The van der Waals surface area contributed by atoms with E-state index >= 15 is 0 Å². The molecule has 0 aromatic carbocycles. The number of thiophene rings is 1. The Labute approximate surface area is 95.2 Å². The van der Waals surface area contributed by atoms with Gasteiger partial charge < -0.3 is 5.11 Å². The van der Waals surface area contributed by atoms with Gasteiger partial charge in [-0.15, -0.1) is 11.3 Å². The number of carbonyl (C=O) groups is 2. The first-order valence-electron chi connectivity index (χ1n) is 4.44. The van der Waals surface area contributed by atoms with Crippen molar-refractivity contribution in [1.29, 1.82) is 0 Å². The number of aldehydes is 1. The number of hydrogen-bond acceptors (Lipinski definition) is 4. The summed E-state index contributed by atoms with van der Waals surface area (Å²) in [6, 6.07) is 5.01. The van der Waals surface area contributed by atoms with Crippen molar-refractivity contribution >= 4 is 23.6 Å². The van der Waals surface area contributed by atoms with Crippen molar-refractivity contribution in [3.05, 3.63) is 41.0 Å². The number of hydrogen-bond donors (Lipinski definition) is 1. The maximum Gasteiger partial charge on any atom is 0.337 e. The molecule has 0 atom stereocenters. The number of aromatic carboxylic acids is 1. The normalized spacial score (nSPS) is 10.0. The summed E-state index contributed by atoms with van der Waals surface area (Å²) < 4.78 is 0. The highest BCUT2D eigenvalue weighted by atomic mass is 32.1. The number of carbonyl (C=O) groups excluding carboxylic acids is 1. The predicted octanol–water partition coefficient (Wildman–Crippen LogP) is 2.32. The third-order valence-electron chi connectivity index (χ3n) is 2.01. The molecule has 1 N–H and O–H groups in total. The molecule has 0 aliphatic rings. The highest BCUT2D eigenvalue weighted by molar-refractivity contribution is 7.17. The second-order valence-corrected chi connectivity index (χ2v) is 4.20. The minimum atomic E-state index is -1.01. The van der Waals surface area contributed by atoms with Crippen LogP contribution in [0.3, 0.4) is 0 Å². The van der Waals surface area contributed by atoms with Gasteiger partial charge in [0.2, 0.25) is 0 Å². The maximum absolute atomic E-state index is 10.8. The number of aromatic nitrogens is 1. The lowest BCUT2D eigenvalue weighted by atomic mass is 10.2. The second kappa shape index (κ2) is 4.24. The number of rotatable bonds is 3. The van der Waals surface area contributed by atoms with Crippen molar-refractivity contribution in [2.45, 2.75) is 0 Å². The van der Waals surface area contributed by atoms with E-state index in [4.69, 9.17) is 5.11 Å². The van der Waals surface area contributed by atoms with Gasteiger partial charge in [-0.05, 0) is 18.2 Å². The van der Waals surface area contributed by atoms with E-state index in [1.165, 1.54) is 23.6 Å². The Bertz CT molecular complexity index is 548. The van der Waals surface area contributed by atoms with Crippen molar-refractivity contribution in [2.24, 2.45) is 0 Å². The zero-order valence-corrected chi connectivity index (χ0v) is 8.90. The first-order valence-corrected chi connectivity index (χ1v) is 5.26. The molecule has 0 fully saturated rings. The molecule has 2 heterocycles. The SMILES string of the molecule is O=Cc1ccc(-c2cncc(C(=O)O)c2)s1. The maximum atomic E-state index is 10.8. The van der Waals surface area contributed by atoms with Crippen LogP contribution in [-0.2, 0) is 0 Å². The van der Waals surface area contributed by atoms with Gasteiger partial charge in [-0.2, -0.15) is 0 Å². The van der Waals surface area contributed by atoms with Crippen LogP contribution in [0.2, 0.25) is 0 Å². The van der Waals surface area contributed by atoms with E-state index < -0.39 is 5.97 Å². The van der Waals surface area contributed by atoms with E-state index in [1.807, 2.05) is 0 Å². The molecule has 0 bridgehead atoms. The van der Waals surface area contributed by atoms with Gasteiger partial charge in [-0.3, -0.25) is 9.78 Å². The summed E-state index contributed by atoms with van der Waals surface area (Å²) in [6.07, 6.45) is 3.63. The van der Waals surface area contributed by atoms with E-state index in [1.54, 1.807) is 18.3 Å². The van der Waals surface area contributed by atoms with Gasteiger partial charge in [-0.1, -0.05) is 0 Å². The minimum Gasteiger partial charge on any atom is -0.478 e. The number of carboxylic acids is 1. The van der Waals surface area contributed by atoms with Crippen LogP contribution < -0.4 is 0 Å². The van der Waals surface area contributed by atoms with Crippen molar-refractivity contribution < 1.29 is 14.7 Å². The largest absolute Gasteiger partial charge is 0.478 e. The lowest BCUT2D eigenvalue weighted by molar-refractivity contribution is 0.0696. The van der Waals surface area contributed by atoms with Crippen molar-refractivity contribution in [3.63, 3.8) is 0 Å². The quantitative estimate of drug-likeness (QED) is 0.826. The van der Waals surface area contributed by atoms with E-state index in [-0.39, 0.29) is 5.56 Å². The molecule has 5 heteroatoms. The van der Waals surface area contributed by atoms with Crippen LogP contribution in [0.25, 0.3) is 10.4 Å². The molecule has 80 valence electrons. The van der Waals surface area contributed by atoms with E-state index in [0.717, 1.165) is 11.2 Å². The van der Waals surface area contributed by atoms with Crippen LogP contribution in [-0.4, -0.2) is 22.3 Å². The molecular formula is C11H7NO3S. The average molecular weight is 233 g/mol. The molecule has 0 amide bonds. The summed E-state index contributed by atoms with van der Waals surface area (Å²) in [5.74, 6) is -1.01. The summed E-state index contributed by atoms with van der Waals surface area (Å²) in [5, 5.41) is 8.81. The molecule has 2 aromatic heterocycles. The fraction of sp³-hybridized carbons (Fsp3) is 0. The van der Waals surface area contributed by atoms with Gasteiger partial charge in [0.15, 0.2) is 6.29 Å². The lowest BCUT2D eigenvalue weighted by Gasteiger charge is -1.98. The Kier molecular flexibility index (Phi) is 2.78. The van der Waals surface area contributed by atoms with Crippen LogP contribution in [0.4, 0.5) is 0 Å². The molecule has 0 unspecified atom stereocenters. The summed E-state index contributed by atoms with van der Waals surface area (Å²) in [7, 11) is 0. The third-order valence-corrected chi connectivity index (χ3v) is 3.07. The predicted molar refractivity (Wildman–Crippen MR) is 59.9 cm³/mol. The summed E-state index contributed by atoms with van der Waals surface area (Å²) >= 11 is 1.31. The lowest BCUT2D eigenvalue weighted by Crippen LogP contribution is -1.96. The summed E-state index contributed by atoms with van der Waals surface area (Å²) in [6.45, 7) is 0. The average Bonchev–Trinajstić information content (AvgIpc) is 2.77. The monoisotopic (exact) mass is 233 g/mol. The molecule has 2 rings (SSSR count). The van der Waals surface area contributed by atoms with Gasteiger partial charge in [0, 0.05) is 22.8 Å². The third kappa shape index (κ3) is 1.99. The molecule has 0 radical (unpaired) electrons. The molecule has 16 heavy (non-hydrogen) atoms. The van der Waals surface area contributed by atoms with Crippen LogP contribution in [0.1, 0.15) is 20.0 Å². The van der Waals surface area contributed by atoms with Gasteiger partial charge in [0.1, 0.15) is 0 Å². The first-order chi connectivity index (χ1) is 7.70. The van der Waals surface area contributed by atoms with Crippen LogP contribution in [0, 0.1) is 0 Å². The standard InChI is InChI=1S/C11H7NO3S/c13-6-9-1-2-10(16-9)7-3-8(11(14)15)5-12-4-7/h1-6H,(H,14,15). The Morgan fingerprint density at radius 2 is 2.19 bits per heavy atom. The summed E-state index contributed by atoms with van der Waals surface area (Å²) in [5.41, 5.74) is 0.844. The Hall–Kier alpha value is -2.01. The molecule has 2 aromatic rings. The van der Waals surface area contributed by atoms with Crippen LogP contribution >= 0.6 is 11.3 Å². The minimum absolute atomic E-state index is 0.138. The summed E-state index contributed by atoms with van der Waals surface area (Å²) in [4.78, 5) is 26.6. The highest BCUT2D eigenvalue weighted by Gasteiger charge is 2.07. The van der Waals surface area contributed by atoms with Crippen LogP contribution in [0.5, 0.6) is 0 Å².